The van der Waals surface area contributed by atoms with Gasteiger partial charge in [-0.1, -0.05) is 0 Å². The summed E-state index contributed by atoms with van der Waals surface area (Å²) in [5.41, 5.74) is 1.37. The Kier molecular flexibility index (Phi) is 6.44. The zero-order chi connectivity index (χ0) is 16.3. The molecule has 2 rings (SSSR count). The molecular formula is C14H12N3NaO4S. The van der Waals surface area contributed by atoms with Crippen LogP contribution in [-0.4, -0.2) is 18.1 Å². The summed E-state index contributed by atoms with van der Waals surface area (Å²) in [6.07, 6.45) is 0. The number of nitrogens with zero attached hydrogens (tertiary/aromatic N) is 3. The van der Waals surface area contributed by atoms with Crippen LogP contribution in [0, 0.1) is 18.3 Å². The number of aromatic hydroxyl groups is 1. The van der Waals surface area contributed by atoms with Gasteiger partial charge in [-0.2, -0.15) is 23.9 Å². The van der Waals surface area contributed by atoms with Crippen LogP contribution in [0.4, 0.5) is 11.4 Å². The Morgan fingerprint density at radius 2 is 1.87 bits per heavy atom. The fraction of sp³-hybridized carbons (Fsp3) is 0.0714. The first kappa shape index (κ1) is 19.3. The second-order valence-electron chi connectivity index (χ2n) is 4.44. The van der Waals surface area contributed by atoms with Gasteiger partial charge in [0.1, 0.15) is 11.8 Å². The van der Waals surface area contributed by atoms with E-state index in [1.54, 1.807) is 6.92 Å². The summed E-state index contributed by atoms with van der Waals surface area (Å²) in [5.74, 6) is -0.143. The summed E-state index contributed by atoms with van der Waals surface area (Å²) in [4.78, 5) is -0.222. The predicted octanol–water partition coefficient (Wildman–Crippen LogP) is 0.351. The van der Waals surface area contributed by atoms with Crippen LogP contribution in [-0.2, 0) is 10.1 Å². The van der Waals surface area contributed by atoms with E-state index < -0.39 is 10.1 Å². The number of rotatable bonds is 3. The molecule has 114 valence electrons. The number of benzene rings is 2. The first-order valence-electron chi connectivity index (χ1n) is 6.04. The summed E-state index contributed by atoms with van der Waals surface area (Å²) in [7, 11) is -4.26. The van der Waals surface area contributed by atoms with Gasteiger partial charge < -0.3 is 6.53 Å². The van der Waals surface area contributed by atoms with Crippen molar-refractivity contribution in [2.75, 3.05) is 0 Å². The maximum atomic E-state index is 11.0. The SMILES string of the molecule is Cc1cc(S(=O)(=O)O)ccc1N=Nc1ccc(O)c(C#N)c1.[H-].[Na+]. The molecule has 23 heavy (non-hydrogen) atoms. The summed E-state index contributed by atoms with van der Waals surface area (Å²) in [5, 5.41) is 26.1. The summed E-state index contributed by atoms with van der Waals surface area (Å²) < 4.78 is 31.0. The van der Waals surface area contributed by atoms with Gasteiger partial charge in [0.15, 0.2) is 0 Å². The van der Waals surface area contributed by atoms with Crippen LogP contribution in [0.2, 0.25) is 0 Å². The molecule has 0 spiro atoms. The Labute approximate surface area is 156 Å². The molecule has 0 saturated heterocycles. The van der Waals surface area contributed by atoms with Crippen molar-refractivity contribution in [3.63, 3.8) is 0 Å². The van der Waals surface area contributed by atoms with Gasteiger partial charge in [0.25, 0.3) is 10.1 Å². The van der Waals surface area contributed by atoms with Gasteiger partial charge >= 0.3 is 29.6 Å². The van der Waals surface area contributed by atoms with Crippen molar-refractivity contribution in [3.05, 3.63) is 47.5 Å². The van der Waals surface area contributed by atoms with Crippen LogP contribution in [0.5, 0.6) is 5.75 Å². The molecule has 9 heteroatoms. The summed E-state index contributed by atoms with van der Waals surface area (Å²) >= 11 is 0. The third kappa shape index (κ3) is 4.86. The number of hydrogen-bond acceptors (Lipinski definition) is 6. The van der Waals surface area contributed by atoms with E-state index in [0.717, 1.165) is 0 Å². The Morgan fingerprint density at radius 1 is 1.17 bits per heavy atom. The normalized spacial score (nSPS) is 11.0. The van der Waals surface area contributed by atoms with E-state index in [-0.39, 0.29) is 47.2 Å². The van der Waals surface area contributed by atoms with Gasteiger partial charge in [0, 0.05) is 0 Å². The van der Waals surface area contributed by atoms with Crippen LogP contribution in [0.3, 0.4) is 0 Å². The monoisotopic (exact) mass is 341 g/mol. The molecule has 0 bridgehead atoms. The van der Waals surface area contributed by atoms with Crippen LogP contribution < -0.4 is 29.6 Å². The van der Waals surface area contributed by atoms with E-state index in [1.807, 2.05) is 6.07 Å². The third-order valence-corrected chi connectivity index (χ3v) is 3.69. The molecule has 7 nitrogen and oxygen atoms in total. The Hall–Kier alpha value is -1.76. The van der Waals surface area contributed by atoms with Crippen LogP contribution in [0.1, 0.15) is 12.6 Å². The quantitative estimate of drug-likeness (QED) is 0.474. The molecule has 0 amide bonds. The maximum Gasteiger partial charge on any atom is 1.00 e. The topological polar surface area (TPSA) is 123 Å². The van der Waals surface area contributed by atoms with E-state index in [1.165, 1.54) is 36.4 Å². The van der Waals surface area contributed by atoms with Gasteiger partial charge in [-0.15, -0.1) is 0 Å². The van der Waals surface area contributed by atoms with Gasteiger partial charge in [-0.3, -0.25) is 4.55 Å². The molecule has 2 aromatic carbocycles. The molecule has 2 N–H and O–H groups in total. The van der Waals surface area contributed by atoms with Gasteiger partial charge in [0.2, 0.25) is 0 Å². The number of aryl methyl sites for hydroxylation is 1. The average molecular weight is 341 g/mol. The summed E-state index contributed by atoms with van der Waals surface area (Å²) in [6, 6.07) is 9.93. The minimum atomic E-state index is -4.26. The minimum absolute atomic E-state index is 0. The molecule has 0 unspecified atom stereocenters. The molecular weight excluding hydrogens is 329 g/mol. The van der Waals surface area contributed by atoms with Crippen LogP contribution in [0.25, 0.3) is 0 Å². The second kappa shape index (κ2) is 7.68. The number of nitriles is 1. The fourth-order valence-electron chi connectivity index (χ4n) is 1.69. The van der Waals surface area contributed by atoms with Crippen LogP contribution in [0.15, 0.2) is 51.5 Å². The maximum absolute atomic E-state index is 11.0. The van der Waals surface area contributed by atoms with E-state index in [4.69, 9.17) is 9.81 Å². The smallest absolute Gasteiger partial charge is 1.00 e. The van der Waals surface area contributed by atoms with E-state index >= 15 is 0 Å². The standard InChI is InChI=1S/C14H11N3O4S.Na.H/c1-9-6-12(22(19,20)21)3-4-13(9)17-16-11-2-5-14(18)10(7-11)8-15;;/h2-7,18H,1H3,(H,19,20,21);;/q;+1;-1. The van der Waals surface area contributed by atoms with E-state index in [2.05, 4.69) is 10.2 Å². The van der Waals surface area contributed by atoms with Crippen molar-refractivity contribution in [2.24, 2.45) is 10.2 Å². The third-order valence-electron chi connectivity index (χ3n) is 2.84. The molecule has 0 aliphatic heterocycles. The Bertz CT molecular complexity index is 911. The van der Waals surface area contributed by atoms with Crippen molar-refractivity contribution in [1.82, 2.24) is 0 Å². The minimum Gasteiger partial charge on any atom is -1.00 e. The first-order chi connectivity index (χ1) is 10.3. The molecule has 0 saturated carbocycles. The summed E-state index contributed by atoms with van der Waals surface area (Å²) in [6.45, 7) is 1.63. The number of phenols is 1. The largest absolute Gasteiger partial charge is 1.00 e. The predicted molar refractivity (Wildman–Crippen MR) is 79.1 cm³/mol. The molecule has 0 fully saturated rings. The number of azo groups is 1. The number of hydrogen-bond donors (Lipinski definition) is 2. The fourth-order valence-corrected chi connectivity index (χ4v) is 2.25. The van der Waals surface area contributed by atoms with E-state index in [9.17, 15) is 13.5 Å². The van der Waals surface area contributed by atoms with Gasteiger partial charge in [-0.05, 0) is 48.9 Å². The molecule has 2 aromatic rings. The van der Waals surface area contributed by atoms with Crippen LogP contribution >= 0.6 is 0 Å². The van der Waals surface area contributed by atoms with Crippen molar-refractivity contribution in [3.8, 4) is 11.8 Å². The first-order valence-corrected chi connectivity index (χ1v) is 7.48. The Balaban J connectivity index is 0.00000264. The van der Waals surface area contributed by atoms with Gasteiger partial charge in [-0.25, -0.2) is 0 Å². The van der Waals surface area contributed by atoms with Crippen molar-refractivity contribution in [1.29, 1.82) is 5.26 Å². The average Bonchev–Trinajstić information content (AvgIpc) is 2.46. The molecule has 0 heterocycles. The Morgan fingerprint density at radius 3 is 2.43 bits per heavy atom. The van der Waals surface area contributed by atoms with Gasteiger partial charge in [0.05, 0.1) is 21.8 Å². The molecule has 0 aromatic heterocycles. The molecule has 0 radical (unpaired) electrons. The van der Waals surface area contributed by atoms with Crippen molar-refractivity contribution >= 4 is 21.5 Å². The van der Waals surface area contributed by atoms with E-state index in [0.29, 0.717) is 16.9 Å². The molecule has 0 atom stereocenters. The molecule has 0 aliphatic carbocycles. The second-order valence-corrected chi connectivity index (χ2v) is 5.86. The number of phenolic OH excluding ortho intramolecular Hbond substituents is 1. The van der Waals surface area contributed by atoms with Crippen molar-refractivity contribution in [2.45, 2.75) is 11.8 Å². The zero-order valence-electron chi connectivity index (χ0n) is 13.4. The molecule has 0 aliphatic rings. The van der Waals surface area contributed by atoms with Crippen molar-refractivity contribution < 1.29 is 49.1 Å². The zero-order valence-corrected chi connectivity index (χ0v) is 15.2.